The van der Waals surface area contributed by atoms with E-state index in [0.29, 0.717) is 13.3 Å². The van der Waals surface area contributed by atoms with Crippen LogP contribution in [0.1, 0.15) is 5.56 Å². The molecule has 0 aromatic heterocycles. The van der Waals surface area contributed by atoms with Crippen LogP contribution in [-0.2, 0) is 16.1 Å². The molecule has 2 rings (SSSR count). The standard InChI is InChI=1S/C10H10ClNO2/c11-5-10(13)12-7-14-6-8-3-1-2-4-9(8)12/h1-4H,5-7H2. The maximum absolute atomic E-state index is 11.4. The highest BCUT2D eigenvalue weighted by Gasteiger charge is 2.21. The lowest BCUT2D eigenvalue weighted by atomic mass is 10.1. The molecule has 1 aromatic carbocycles. The second kappa shape index (κ2) is 3.98. The number of amides is 1. The number of nitrogens with zero attached hydrogens (tertiary/aromatic N) is 1. The minimum Gasteiger partial charge on any atom is -0.356 e. The molecular weight excluding hydrogens is 202 g/mol. The van der Waals surface area contributed by atoms with Gasteiger partial charge in [-0.3, -0.25) is 9.69 Å². The zero-order chi connectivity index (χ0) is 9.97. The van der Waals surface area contributed by atoms with Gasteiger partial charge in [0, 0.05) is 5.56 Å². The van der Waals surface area contributed by atoms with E-state index >= 15 is 0 Å². The third kappa shape index (κ3) is 1.61. The van der Waals surface area contributed by atoms with Crippen LogP contribution in [0.15, 0.2) is 24.3 Å². The number of hydrogen-bond donors (Lipinski definition) is 0. The topological polar surface area (TPSA) is 29.5 Å². The van der Waals surface area contributed by atoms with Crippen LogP contribution in [0.2, 0.25) is 0 Å². The van der Waals surface area contributed by atoms with Crippen LogP contribution in [-0.4, -0.2) is 18.5 Å². The molecule has 1 aliphatic heterocycles. The molecule has 1 amide bonds. The molecule has 14 heavy (non-hydrogen) atoms. The van der Waals surface area contributed by atoms with E-state index in [9.17, 15) is 4.79 Å². The van der Waals surface area contributed by atoms with Gasteiger partial charge in [-0.1, -0.05) is 18.2 Å². The number of benzene rings is 1. The van der Waals surface area contributed by atoms with E-state index in [2.05, 4.69) is 0 Å². The van der Waals surface area contributed by atoms with Gasteiger partial charge < -0.3 is 4.74 Å². The minimum absolute atomic E-state index is 0.0162. The lowest BCUT2D eigenvalue weighted by molar-refractivity contribution is -0.117. The maximum atomic E-state index is 11.4. The van der Waals surface area contributed by atoms with Crippen molar-refractivity contribution in [1.29, 1.82) is 0 Å². The summed E-state index contributed by atoms with van der Waals surface area (Å²) in [5, 5.41) is 0. The Kier molecular flexibility index (Phi) is 2.70. The number of ether oxygens (including phenoxy) is 1. The summed E-state index contributed by atoms with van der Waals surface area (Å²) in [5.74, 6) is -0.142. The van der Waals surface area contributed by atoms with Gasteiger partial charge in [0.05, 0.1) is 12.3 Å². The number of carbonyl (C=O) groups excluding carboxylic acids is 1. The van der Waals surface area contributed by atoms with Gasteiger partial charge >= 0.3 is 0 Å². The molecule has 74 valence electrons. The van der Waals surface area contributed by atoms with Gasteiger partial charge in [0.25, 0.3) is 0 Å². The lowest BCUT2D eigenvalue weighted by Gasteiger charge is -2.28. The Hall–Kier alpha value is -1.06. The number of hydrogen-bond acceptors (Lipinski definition) is 2. The van der Waals surface area contributed by atoms with E-state index in [0.717, 1.165) is 11.3 Å². The number of halogens is 1. The first-order chi connectivity index (χ1) is 6.83. The number of alkyl halides is 1. The zero-order valence-corrected chi connectivity index (χ0v) is 8.33. The van der Waals surface area contributed by atoms with Gasteiger partial charge in [-0.05, 0) is 6.07 Å². The van der Waals surface area contributed by atoms with Gasteiger partial charge in [-0.15, -0.1) is 11.6 Å². The Bertz CT molecular complexity index is 354. The van der Waals surface area contributed by atoms with Crippen molar-refractivity contribution in [3.63, 3.8) is 0 Å². The first-order valence-corrected chi connectivity index (χ1v) is 4.88. The molecule has 0 fully saturated rings. The molecule has 0 saturated heterocycles. The Morgan fingerprint density at radius 1 is 1.50 bits per heavy atom. The second-order valence-corrected chi connectivity index (χ2v) is 3.33. The van der Waals surface area contributed by atoms with Gasteiger partial charge in [-0.2, -0.15) is 0 Å². The summed E-state index contributed by atoms with van der Waals surface area (Å²) in [7, 11) is 0. The van der Waals surface area contributed by atoms with Gasteiger partial charge in [0.1, 0.15) is 12.6 Å². The fraction of sp³-hybridized carbons (Fsp3) is 0.300. The van der Waals surface area contributed by atoms with E-state index < -0.39 is 0 Å². The molecule has 0 atom stereocenters. The summed E-state index contributed by atoms with van der Waals surface area (Å²) >= 11 is 5.51. The van der Waals surface area contributed by atoms with Gasteiger partial charge in [-0.25, -0.2) is 0 Å². The molecule has 1 heterocycles. The Morgan fingerprint density at radius 3 is 3.07 bits per heavy atom. The van der Waals surface area contributed by atoms with Crippen LogP contribution < -0.4 is 4.90 Å². The van der Waals surface area contributed by atoms with Crippen LogP contribution in [0.5, 0.6) is 0 Å². The maximum Gasteiger partial charge on any atom is 0.243 e. The van der Waals surface area contributed by atoms with E-state index in [-0.39, 0.29) is 11.8 Å². The second-order valence-electron chi connectivity index (χ2n) is 3.06. The van der Waals surface area contributed by atoms with Gasteiger partial charge in [0.15, 0.2) is 0 Å². The van der Waals surface area contributed by atoms with Crippen molar-refractivity contribution in [2.75, 3.05) is 17.5 Å². The Morgan fingerprint density at radius 2 is 2.29 bits per heavy atom. The van der Waals surface area contributed by atoms with Crippen molar-refractivity contribution in [1.82, 2.24) is 0 Å². The predicted octanol–water partition coefficient (Wildman–Crippen LogP) is 1.75. The van der Waals surface area contributed by atoms with Crippen molar-refractivity contribution in [2.45, 2.75) is 6.61 Å². The molecule has 0 spiro atoms. The van der Waals surface area contributed by atoms with Gasteiger partial charge in [0.2, 0.25) is 5.91 Å². The van der Waals surface area contributed by atoms with E-state index in [1.54, 1.807) is 4.90 Å². The van der Waals surface area contributed by atoms with Crippen molar-refractivity contribution >= 4 is 23.2 Å². The third-order valence-electron chi connectivity index (χ3n) is 2.18. The lowest BCUT2D eigenvalue weighted by Crippen LogP contribution is -2.37. The highest BCUT2D eigenvalue weighted by Crippen LogP contribution is 2.25. The summed E-state index contributed by atoms with van der Waals surface area (Å²) < 4.78 is 5.28. The van der Waals surface area contributed by atoms with E-state index in [1.807, 2.05) is 24.3 Å². The molecule has 0 unspecified atom stereocenters. The fourth-order valence-corrected chi connectivity index (χ4v) is 1.64. The molecule has 3 nitrogen and oxygen atoms in total. The van der Waals surface area contributed by atoms with E-state index in [4.69, 9.17) is 16.3 Å². The van der Waals surface area contributed by atoms with Crippen molar-refractivity contribution in [2.24, 2.45) is 0 Å². The largest absolute Gasteiger partial charge is 0.356 e. The number of carbonyl (C=O) groups is 1. The molecule has 0 saturated carbocycles. The van der Waals surface area contributed by atoms with Crippen LogP contribution in [0.3, 0.4) is 0 Å². The van der Waals surface area contributed by atoms with Crippen LogP contribution in [0.25, 0.3) is 0 Å². The highest BCUT2D eigenvalue weighted by atomic mass is 35.5. The number of rotatable bonds is 1. The quantitative estimate of drug-likeness (QED) is 0.663. The molecule has 0 N–H and O–H groups in total. The van der Waals surface area contributed by atoms with Crippen LogP contribution in [0, 0.1) is 0 Å². The zero-order valence-electron chi connectivity index (χ0n) is 7.57. The molecule has 0 radical (unpaired) electrons. The molecule has 1 aromatic rings. The van der Waals surface area contributed by atoms with E-state index in [1.165, 1.54) is 0 Å². The summed E-state index contributed by atoms with van der Waals surface area (Å²) in [6.07, 6.45) is 0. The number of para-hydroxylation sites is 1. The molecule has 0 aliphatic carbocycles. The summed E-state index contributed by atoms with van der Waals surface area (Å²) in [6, 6.07) is 7.68. The minimum atomic E-state index is -0.126. The Labute approximate surface area is 87.2 Å². The summed E-state index contributed by atoms with van der Waals surface area (Å²) in [6.45, 7) is 0.852. The SMILES string of the molecule is O=C(CCl)N1COCc2ccccc21. The summed E-state index contributed by atoms with van der Waals surface area (Å²) in [5.41, 5.74) is 1.93. The molecule has 0 bridgehead atoms. The first-order valence-electron chi connectivity index (χ1n) is 4.35. The monoisotopic (exact) mass is 211 g/mol. The molecule has 1 aliphatic rings. The molecule has 4 heteroatoms. The van der Waals surface area contributed by atoms with Crippen LogP contribution >= 0.6 is 11.6 Å². The molecular formula is C10H10ClNO2. The normalized spacial score (nSPS) is 15.1. The predicted molar refractivity (Wildman–Crippen MR) is 54.3 cm³/mol. The highest BCUT2D eigenvalue weighted by molar-refractivity contribution is 6.29. The average Bonchev–Trinajstić information content (AvgIpc) is 2.27. The van der Waals surface area contributed by atoms with Crippen molar-refractivity contribution in [3.8, 4) is 0 Å². The third-order valence-corrected chi connectivity index (χ3v) is 2.40. The summed E-state index contributed by atoms with van der Waals surface area (Å²) in [4.78, 5) is 13.0. The smallest absolute Gasteiger partial charge is 0.243 e. The van der Waals surface area contributed by atoms with Crippen molar-refractivity contribution in [3.05, 3.63) is 29.8 Å². The number of fused-ring (bicyclic) bond motifs is 1. The Balaban J connectivity index is 2.35. The van der Waals surface area contributed by atoms with Crippen LogP contribution in [0.4, 0.5) is 5.69 Å². The first kappa shape index (κ1) is 9.49. The number of anilines is 1. The van der Waals surface area contributed by atoms with Crippen molar-refractivity contribution < 1.29 is 9.53 Å². The fourth-order valence-electron chi connectivity index (χ4n) is 1.49. The average molecular weight is 212 g/mol.